The van der Waals surface area contributed by atoms with Crippen LogP contribution in [0.15, 0.2) is 58.3 Å². The van der Waals surface area contributed by atoms with Crippen molar-refractivity contribution < 1.29 is 9.59 Å². The number of aryl methyl sites for hydroxylation is 1. The molecule has 5 rings (SSSR count). The fraction of sp³-hybridized carbons (Fsp3) is 0.333. The highest BCUT2D eigenvalue weighted by molar-refractivity contribution is 6.30. The number of nitrogens with zero attached hydrogens (tertiary/aromatic N) is 3. The van der Waals surface area contributed by atoms with Crippen LogP contribution < -0.4 is 16.6 Å². The first-order valence-electron chi connectivity index (χ1n) is 12.3. The zero-order valence-electron chi connectivity index (χ0n) is 20.5. The number of piperidine rings is 1. The Hall–Kier alpha value is -3.85. The molecular weight excluding hydrogens is 494 g/mol. The maximum absolute atomic E-state index is 13.1. The fourth-order valence-corrected chi connectivity index (χ4v) is 5.29. The van der Waals surface area contributed by atoms with Crippen LogP contribution in [0, 0.1) is 6.92 Å². The zero-order valence-corrected chi connectivity index (χ0v) is 21.3. The topological polar surface area (TPSA) is 108 Å². The molecule has 1 fully saturated rings. The number of hydrogen-bond donors (Lipinski definition) is 2. The minimum absolute atomic E-state index is 0.0339. The number of urea groups is 1. The Morgan fingerprint density at radius 3 is 2.57 bits per heavy atom. The second-order valence-electron chi connectivity index (χ2n) is 9.53. The van der Waals surface area contributed by atoms with E-state index in [9.17, 15) is 19.2 Å². The SMILES string of the molecule is Cc1ccc(Cl)cc1-c1cn(CC(=O)N2CCC(N3CCc4ccccc4NC3=O)CC2)c(=O)[nH]c1=O. The minimum Gasteiger partial charge on any atom is -0.341 e. The van der Waals surface area contributed by atoms with E-state index >= 15 is 0 Å². The zero-order chi connectivity index (χ0) is 26.1. The normalized spacial score (nSPS) is 16.2. The average Bonchev–Trinajstić information content (AvgIpc) is 3.05. The van der Waals surface area contributed by atoms with Crippen molar-refractivity contribution in [2.75, 3.05) is 25.0 Å². The van der Waals surface area contributed by atoms with E-state index in [-0.39, 0.29) is 30.1 Å². The lowest BCUT2D eigenvalue weighted by atomic mass is 10.0. The number of aromatic amines is 1. The molecule has 0 aliphatic carbocycles. The molecule has 0 spiro atoms. The van der Waals surface area contributed by atoms with Gasteiger partial charge in [-0.05, 0) is 61.1 Å². The van der Waals surface area contributed by atoms with Crippen LogP contribution in [0.3, 0.4) is 0 Å². The predicted molar refractivity (Wildman–Crippen MR) is 142 cm³/mol. The van der Waals surface area contributed by atoms with Crippen LogP contribution in [0.1, 0.15) is 24.0 Å². The molecule has 3 aromatic rings. The smallest absolute Gasteiger partial charge is 0.328 e. The maximum Gasteiger partial charge on any atom is 0.328 e. The number of benzene rings is 2. The molecule has 2 N–H and O–H groups in total. The number of carbonyl (C=O) groups is 2. The number of rotatable bonds is 4. The lowest BCUT2D eigenvalue weighted by Crippen LogP contribution is -2.50. The first kappa shape index (κ1) is 24.8. The number of likely N-dealkylation sites (tertiary alicyclic amines) is 1. The van der Waals surface area contributed by atoms with E-state index < -0.39 is 11.2 Å². The van der Waals surface area contributed by atoms with Crippen molar-refractivity contribution in [1.29, 1.82) is 0 Å². The van der Waals surface area contributed by atoms with E-state index in [0.717, 1.165) is 23.2 Å². The molecule has 0 unspecified atom stereocenters. The molecule has 3 amide bonds. The van der Waals surface area contributed by atoms with Gasteiger partial charge >= 0.3 is 11.7 Å². The Balaban J connectivity index is 1.25. The maximum atomic E-state index is 13.1. The molecule has 10 heteroatoms. The number of anilines is 1. The van der Waals surface area contributed by atoms with Gasteiger partial charge in [-0.25, -0.2) is 9.59 Å². The van der Waals surface area contributed by atoms with Gasteiger partial charge in [-0.2, -0.15) is 0 Å². The van der Waals surface area contributed by atoms with E-state index in [4.69, 9.17) is 11.6 Å². The lowest BCUT2D eigenvalue weighted by Gasteiger charge is -2.38. The van der Waals surface area contributed by atoms with Crippen molar-refractivity contribution in [3.63, 3.8) is 0 Å². The summed E-state index contributed by atoms with van der Waals surface area (Å²) in [6, 6.07) is 12.9. The van der Waals surface area contributed by atoms with Gasteiger partial charge in [0.1, 0.15) is 6.54 Å². The van der Waals surface area contributed by atoms with Crippen molar-refractivity contribution in [3.05, 3.63) is 85.6 Å². The Morgan fingerprint density at radius 1 is 1.03 bits per heavy atom. The van der Waals surface area contributed by atoms with E-state index in [1.807, 2.05) is 36.1 Å². The van der Waals surface area contributed by atoms with Crippen molar-refractivity contribution in [1.82, 2.24) is 19.4 Å². The molecule has 37 heavy (non-hydrogen) atoms. The van der Waals surface area contributed by atoms with Gasteiger partial charge in [-0.15, -0.1) is 0 Å². The van der Waals surface area contributed by atoms with Gasteiger partial charge in [0.25, 0.3) is 5.56 Å². The van der Waals surface area contributed by atoms with Crippen LogP contribution >= 0.6 is 11.6 Å². The van der Waals surface area contributed by atoms with Gasteiger partial charge in [-0.1, -0.05) is 35.9 Å². The summed E-state index contributed by atoms with van der Waals surface area (Å²) in [5.74, 6) is -0.214. The summed E-state index contributed by atoms with van der Waals surface area (Å²) < 4.78 is 1.23. The third kappa shape index (κ3) is 5.17. The fourth-order valence-electron chi connectivity index (χ4n) is 5.11. The lowest BCUT2D eigenvalue weighted by molar-refractivity contribution is -0.133. The first-order valence-corrected chi connectivity index (χ1v) is 12.7. The van der Waals surface area contributed by atoms with Crippen molar-refractivity contribution in [2.24, 2.45) is 0 Å². The molecule has 2 aromatic carbocycles. The van der Waals surface area contributed by atoms with Crippen LogP contribution in [0.2, 0.25) is 5.02 Å². The number of hydrogen-bond acceptors (Lipinski definition) is 4. The molecule has 0 radical (unpaired) electrons. The molecule has 1 saturated heterocycles. The predicted octanol–water partition coefficient (Wildman–Crippen LogP) is 3.25. The molecule has 0 atom stereocenters. The number of carbonyl (C=O) groups excluding carboxylic acids is 2. The summed E-state index contributed by atoms with van der Waals surface area (Å²) in [6.45, 7) is 3.25. The number of H-pyrrole nitrogens is 1. The summed E-state index contributed by atoms with van der Waals surface area (Å²) in [6.07, 6.45) is 3.51. The second kappa shape index (κ2) is 10.3. The molecule has 0 bridgehead atoms. The summed E-state index contributed by atoms with van der Waals surface area (Å²) in [5, 5.41) is 3.48. The number of fused-ring (bicyclic) bond motifs is 1. The summed E-state index contributed by atoms with van der Waals surface area (Å²) >= 11 is 6.12. The third-order valence-corrected chi connectivity index (χ3v) is 7.44. The van der Waals surface area contributed by atoms with E-state index in [2.05, 4.69) is 10.3 Å². The Morgan fingerprint density at radius 2 is 1.78 bits per heavy atom. The van der Waals surface area contributed by atoms with Gasteiger partial charge in [-0.3, -0.25) is 19.1 Å². The Bertz CT molecular complexity index is 1470. The van der Waals surface area contributed by atoms with Crippen LogP contribution in [0.4, 0.5) is 10.5 Å². The van der Waals surface area contributed by atoms with Crippen LogP contribution in [-0.4, -0.2) is 57.0 Å². The minimum atomic E-state index is -0.641. The molecular formula is C27H28ClN5O4. The molecule has 2 aliphatic heterocycles. The van der Waals surface area contributed by atoms with E-state index in [0.29, 0.717) is 43.1 Å². The number of nitrogens with one attached hydrogen (secondary N) is 2. The molecule has 192 valence electrons. The number of para-hydroxylation sites is 1. The van der Waals surface area contributed by atoms with Gasteiger partial charge in [0.2, 0.25) is 5.91 Å². The standard InChI is InChI=1S/C27H28ClN5O4/c1-17-6-7-19(28)14-21(17)22-15-32(26(36)30-25(22)35)16-24(34)31-11-9-20(10-12-31)33-13-8-18-4-2-3-5-23(18)29-27(33)37/h2-7,14-15,20H,8-13,16H2,1H3,(H,29,37)(H,30,35,36). The number of aromatic nitrogens is 2. The van der Waals surface area contributed by atoms with Gasteiger partial charge in [0.05, 0.1) is 5.56 Å². The second-order valence-corrected chi connectivity index (χ2v) is 9.97. The highest BCUT2D eigenvalue weighted by Gasteiger charge is 2.31. The summed E-state index contributed by atoms with van der Waals surface area (Å²) in [5.41, 5.74) is 2.50. The molecule has 9 nitrogen and oxygen atoms in total. The van der Waals surface area contributed by atoms with E-state index in [1.165, 1.54) is 10.8 Å². The van der Waals surface area contributed by atoms with Crippen molar-refractivity contribution >= 4 is 29.2 Å². The number of halogens is 1. The third-order valence-electron chi connectivity index (χ3n) is 7.21. The highest BCUT2D eigenvalue weighted by atomic mass is 35.5. The monoisotopic (exact) mass is 521 g/mol. The van der Waals surface area contributed by atoms with Crippen molar-refractivity contribution in [3.8, 4) is 11.1 Å². The van der Waals surface area contributed by atoms with Crippen LogP contribution in [0.25, 0.3) is 11.1 Å². The number of amides is 3. The molecule has 2 aliphatic rings. The highest BCUT2D eigenvalue weighted by Crippen LogP contribution is 2.25. The first-order chi connectivity index (χ1) is 17.8. The van der Waals surface area contributed by atoms with Crippen LogP contribution in [0.5, 0.6) is 0 Å². The summed E-state index contributed by atoms with van der Waals surface area (Å²) in [4.78, 5) is 56.8. The van der Waals surface area contributed by atoms with Crippen molar-refractivity contribution in [2.45, 2.75) is 38.8 Å². The van der Waals surface area contributed by atoms with Crippen LogP contribution in [-0.2, 0) is 17.8 Å². The molecule has 1 aromatic heterocycles. The largest absolute Gasteiger partial charge is 0.341 e. The van der Waals surface area contributed by atoms with Gasteiger partial charge < -0.3 is 15.1 Å². The van der Waals surface area contributed by atoms with Gasteiger partial charge in [0, 0.05) is 42.6 Å². The Labute approximate surface area is 218 Å². The Kier molecular flexibility index (Phi) is 6.88. The average molecular weight is 522 g/mol. The summed E-state index contributed by atoms with van der Waals surface area (Å²) in [7, 11) is 0. The molecule has 3 heterocycles. The van der Waals surface area contributed by atoms with E-state index in [1.54, 1.807) is 23.1 Å². The van der Waals surface area contributed by atoms with Gasteiger partial charge in [0.15, 0.2) is 0 Å². The molecule has 0 saturated carbocycles. The quantitative estimate of drug-likeness (QED) is 0.549.